The van der Waals surface area contributed by atoms with Crippen molar-refractivity contribution in [3.05, 3.63) is 40.8 Å². The topological polar surface area (TPSA) is 48.9 Å². The van der Waals surface area contributed by atoms with Gasteiger partial charge in [0.25, 0.3) is 0 Å². The van der Waals surface area contributed by atoms with Crippen LogP contribution in [0.15, 0.2) is 35.3 Å². The number of rotatable bonds is 5. The normalized spacial score (nSPS) is 19.0. The van der Waals surface area contributed by atoms with Crippen LogP contribution < -0.4 is 10.6 Å². The molecule has 1 atom stereocenters. The highest BCUT2D eigenvalue weighted by Gasteiger charge is 2.27. The van der Waals surface area contributed by atoms with Crippen molar-refractivity contribution in [1.82, 2.24) is 10.2 Å². The minimum Gasteiger partial charge on any atom is -0.385 e. The highest BCUT2D eigenvalue weighted by Crippen LogP contribution is 2.39. The molecule has 0 radical (unpaired) electrons. The number of thiophene rings is 1. The van der Waals surface area contributed by atoms with E-state index in [4.69, 9.17) is 9.73 Å². The molecule has 1 aromatic carbocycles. The first-order chi connectivity index (χ1) is 13.2. The molecule has 0 aliphatic carbocycles. The molecule has 144 valence electrons. The second-order valence-electron chi connectivity index (χ2n) is 7.26. The van der Waals surface area contributed by atoms with E-state index in [0.717, 1.165) is 49.9 Å². The number of aliphatic imine (C=N–C) groups is 1. The standard InChI is InChI=1S/C21H28N4OS/c1-15-13-17-20(23-18-8-3-4-9-19(18)24-21(17)27-15)25-11-10-22-16(14-25)7-5-6-12-26-2/h3-4,8-9,13,16,22,24H,5-7,10-12,14H2,1-2H3. The molecule has 2 N–H and O–H groups in total. The van der Waals surface area contributed by atoms with Crippen molar-refractivity contribution < 1.29 is 4.74 Å². The Morgan fingerprint density at radius 1 is 1.30 bits per heavy atom. The third kappa shape index (κ3) is 4.18. The number of nitrogens with one attached hydrogen (secondary N) is 2. The summed E-state index contributed by atoms with van der Waals surface area (Å²) in [7, 11) is 1.77. The van der Waals surface area contributed by atoms with Gasteiger partial charge in [-0.05, 0) is 44.4 Å². The van der Waals surface area contributed by atoms with Crippen LogP contribution in [0, 0.1) is 6.92 Å². The summed E-state index contributed by atoms with van der Waals surface area (Å²) in [4.78, 5) is 8.88. The second-order valence-corrected chi connectivity index (χ2v) is 8.52. The number of anilines is 2. The van der Waals surface area contributed by atoms with Gasteiger partial charge in [-0.15, -0.1) is 11.3 Å². The number of methoxy groups -OCH3 is 1. The summed E-state index contributed by atoms with van der Waals surface area (Å²) in [6.45, 7) is 6.01. The van der Waals surface area contributed by atoms with Crippen LogP contribution >= 0.6 is 11.3 Å². The van der Waals surface area contributed by atoms with E-state index in [1.807, 2.05) is 0 Å². The maximum atomic E-state index is 5.18. The van der Waals surface area contributed by atoms with Crippen molar-refractivity contribution in [2.45, 2.75) is 32.2 Å². The zero-order valence-electron chi connectivity index (χ0n) is 16.1. The Balaban J connectivity index is 1.58. The number of amidine groups is 1. The lowest BCUT2D eigenvalue weighted by molar-refractivity contribution is 0.188. The first kappa shape index (κ1) is 18.5. The van der Waals surface area contributed by atoms with Crippen LogP contribution in [0.5, 0.6) is 0 Å². The largest absolute Gasteiger partial charge is 0.385 e. The van der Waals surface area contributed by atoms with Crippen LogP contribution in [0.2, 0.25) is 0 Å². The van der Waals surface area contributed by atoms with E-state index in [1.165, 1.54) is 28.3 Å². The van der Waals surface area contributed by atoms with Crippen molar-refractivity contribution in [1.29, 1.82) is 0 Å². The number of benzene rings is 1. The molecule has 5 nitrogen and oxygen atoms in total. The van der Waals surface area contributed by atoms with E-state index < -0.39 is 0 Å². The molecule has 27 heavy (non-hydrogen) atoms. The smallest absolute Gasteiger partial charge is 0.139 e. The van der Waals surface area contributed by atoms with Gasteiger partial charge in [0.05, 0.1) is 16.9 Å². The van der Waals surface area contributed by atoms with Crippen LogP contribution in [0.1, 0.15) is 29.7 Å². The molecular weight excluding hydrogens is 356 g/mol. The van der Waals surface area contributed by atoms with Gasteiger partial charge in [0.2, 0.25) is 0 Å². The van der Waals surface area contributed by atoms with Crippen LogP contribution in [0.25, 0.3) is 0 Å². The maximum Gasteiger partial charge on any atom is 0.139 e. The van der Waals surface area contributed by atoms with Crippen molar-refractivity contribution in [3.8, 4) is 0 Å². The van der Waals surface area contributed by atoms with Gasteiger partial charge in [-0.2, -0.15) is 0 Å². The van der Waals surface area contributed by atoms with Gasteiger partial charge >= 0.3 is 0 Å². The van der Waals surface area contributed by atoms with Crippen LogP contribution in [-0.4, -0.2) is 50.1 Å². The molecule has 1 aromatic heterocycles. The molecule has 2 aliphatic heterocycles. The Hall–Kier alpha value is -1.89. The number of piperazine rings is 1. The summed E-state index contributed by atoms with van der Waals surface area (Å²) < 4.78 is 5.18. The number of nitrogens with zero attached hydrogens (tertiary/aromatic N) is 2. The van der Waals surface area contributed by atoms with E-state index in [1.54, 1.807) is 18.4 Å². The summed E-state index contributed by atoms with van der Waals surface area (Å²) in [5, 5.41) is 8.48. The predicted octanol–water partition coefficient (Wildman–Crippen LogP) is 4.28. The zero-order chi connectivity index (χ0) is 18.6. The first-order valence-corrected chi connectivity index (χ1v) is 10.6. The van der Waals surface area contributed by atoms with Crippen molar-refractivity contribution in [2.75, 3.05) is 38.7 Å². The fraction of sp³-hybridized carbons (Fsp3) is 0.476. The van der Waals surface area contributed by atoms with Crippen molar-refractivity contribution in [3.63, 3.8) is 0 Å². The lowest BCUT2D eigenvalue weighted by atomic mass is 10.1. The monoisotopic (exact) mass is 384 g/mol. The summed E-state index contributed by atoms with van der Waals surface area (Å²) in [6.07, 6.45) is 3.50. The van der Waals surface area contributed by atoms with Crippen molar-refractivity contribution >= 4 is 33.5 Å². The molecule has 0 saturated carbocycles. The van der Waals surface area contributed by atoms with E-state index in [2.05, 4.69) is 52.8 Å². The van der Waals surface area contributed by atoms with Crippen LogP contribution in [0.4, 0.5) is 16.4 Å². The number of unbranched alkanes of at least 4 members (excludes halogenated alkanes) is 1. The summed E-state index contributed by atoms with van der Waals surface area (Å²) in [5.41, 5.74) is 3.33. The Morgan fingerprint density at radius 2 is 2.19 bits per heavy atom. The van der Waals surface area contributed by atoms with E-state index in [9.17, 15) is 0 Å². The molecule has 1 fully saturated rings. The number of hydrogen-bond donors (Lipinski definition) is 2. The third-order valence-electron chi connectivity index (χ3n) is 5.18. The Labute approximate surface area is 165 Å². The van der Waals surface area contributed by atoms with Crippen LogP contribution in [-0.2, 0) is 4.74 Å². The molecule has 2 aromatic rings. The predicted molar refractivity (Wildman–Crippen MR) is 114 cm³/mol. The van der Waals surface area contributed by atoms with Crippen LogP contribution in [0.3, 0.4) is 0 Å². The average molecular weight is 385 g/mol. The lowest BCUT2D eigenvalue weighted by Crippen LogP contribution is -2.52. The third-order valence-corrected chi connectivity index (χ3v) is 6.15. The molecule has 1 unspecified atom stereocenters. The van der Waals surface area contributed by atoms with Gasteiger partial charge < -0.3 is 20.3 Å². The molecule has 2 aliphatic rings. The van der Waals surface area contributed by atoms with Gasteiger partial charge in [-0.1, -0.05) is 12.1 Å². The van der Waals surface area contributed by atoms with Crippen molar-refractivity contribution in [2.24, 2.45) is 4.99 Å². The highest BCUT2D eigenvalue weighted by molar-refractivity contribution is 7.16. The fourth-order valence-electron chi connectivity index (χ4n) is 3.84. The number of aryl methyl sites for hydroxylation is 1. The first-order valence-electron chi connectivity index (χ1n) is 9.77. The number of ether oxygens (including phenoxy) is 1. The summed E-state index contributed by atoms with van der Waals surface area (Å²) in [6, 6.07) is 11.1. The molecule has 0 amide bonds. The van der Waals surface area contributed by atoms with Gasteiger partial charge in [0.1, 0.15) is 10.8 Å². The summed E-state index contributed by atoms with van der Waals surface area (Å²) in [5.74, 6) is 1.11. The fourth-order valence-corrected chi connectivity index (χ4v) is 4.76. The lowest BCUT2D eigenvalue weighted by Gasteiger charge is -2.35. The van der Waals surface area contributed by atoms with E-state index in [0.29, 0.717) is 6.04 Å². The van der Waals surface area contributed by atoms with E-state index in [-0.39, 0.29) is 0 Å². The molecule has 1 saturated heterocycles. The molecular formula is C21H28N4OS. The summed E-state index contributed by atoms with van der Waals surface area (Å²) >= 11 is 1.81. The zero-order valence-corrected chi connectivity index (χ0v) is 16.9. The SMILES string of the molecule is COCCCCC1CN(C2=Nc3ccccc3Nc3sc(C)cc32)CCN1. The van der Waals surface area contributed by atoms with Gasteiger partial charge in [-0.3, -0.25) is 0 Å². The Morgan fingerprint density at radius 3 is 3.07 bits per heavy atom. The minimum absolute atomic E-state index is 0.507. The molecule has 3 heterocycles. The highest BCUT2D eigenvalue weighted by atomic mass is 32.1. The number of fused-ring (bicyclic) bond motifs is 2. The van der Waals surface area contributed by atoms with Gasteiger partial charge in [-0.25, -0.2) is 4.99 Å². The quantitative estimate of drug-likeness (QED) is 0.756. The molecule has 6 heteroatoms. The molecule has 0 bridgehead atoms. The molecule has 4 rings (SSSR count). The van der Waals surface area contributed by atoms with E-state index >= 15 is 0 Å². The molecule has 0 spiro atoms. The minimum atomic E-state index is 0.507. The number of para-hydroxylation sites is 2. The number of hydrogen-bond acceptors (Lipinski definition) is 6. The Bertz CT molecular complexity index is 816. The Kier molecular flexibility index (Phi) is 5.76. The average Bonchev–Trinajstić information content (AvgIpc) is 2.97. The maximum absolute atomic E-state index is 5.18. The van der Waals surface area contributed by atoms with Gasteiger partial charge in [0, 0.05) is 44.3 Å². The second kappa shape index (κ2) is 8.42. The van der Waals surface area contributed by atoms with Gasteiger partial charge in [0.15, 0.2) is 0 Å².